The molecule has 0 unspecified atom stereocenters. The molecule has 1 aromatic heterocycles. The quantitative estimate of drug-likeness (QED) is 0.447. The van der Waals surface area contributed by atoms with E-state index in [4.69, 9.17) is 0 Å². The van der Waals surface area contributed by atoms with Crippen molar-refractivity contribution in [2.75, 3.05) is 7.05 Å². The molecule has 1 aromatic rings. The molecule has 48 valence electrons. The summed E-state index contributed by atoms with van der Waals surface area (Å²) in [5.41, 5.74) is 0. The van der Waals surface area contributed by atoms with E-state index in [9.17, 15) is 4.79 Å². The predicted molar refractivity (Wildman–Crippen MR) is 27.7 cm³/mol. The molecule has 0 bridgehead atoms. The van der Waals surface area contributed by atoms with Crippen molar-refractivity contribution < 1.29 is 4.79 Å². The molecule has 0 aliphatic rings. The molecule has 1 amide bonds. The number of nitrogens with zero attached hydrogens (tertiary/aromatic N) is 4. The highest BCUT2D eigenvalue weighted by molar-refractivity contribution is 5.74. The van der Waals surface area contributed by atoms with Crippen LogP contribution in [0.5, 0.6) is 0 Å². The van der Waals surface area contributed by atoms with Gasteiger partial charge in [0.05, 0.1) is 0 Å². The molecule has 1 rings (SSSR count). The van der Waals surface area contributed by atoms with Crippen molar-refractivity contribution in [1.82, 2.24) is 25.5 Å². The summed E-state index contributed by atoms with van der Waals surface area (Å²) < 4.78 is 1.00. The second-order valence-corrected chi connectivity index (χ2v) is 1.31. The highest BCUT2D eigenvalue weighted by atomic mass is 16.2. The summed E-state index contributed by atoms with van der Waals surface area (Å²) in [4.78, 5) is 10.6. The highest BCUT2D eigenvalue weighted by Gasteiger charge is 1.98. The SMILES string of the molecule is CNC(=O)n1cnnn1. The van der Waals surface area contributed by atoms with E-state index in [1.54, 1.807) is 0 Å². The number of rotatable bonds is 0. The highest BCUT2D eigenvalue weighted by Crippen LogP contribution is 1.72. The lowest BCUT2D eigenvalue weighted by atomic mass is 11.0. The van der Waals surface area contributed by atoms with Crippen LogP contribution in [0.1, 0.15) is 0 Å². The van der Waals surface area contributed by atoms with Crippen molar-refractivity contribution in [2.24, 2.45) is 0 Å². The van der Waals surface area contributed by atoms with Crippen molar-refractivity contribution in [3.05, 3.63) is 6.33 Å². The molecule has 0 saturated carbocycles. The van der Waals surface area contributed by atoms with E-state index in [-0.39, 0.29) is 6.03 Å². The lowest BCUT2D eigenvalue weighted by molar-refractivity contribution is 0.241. The van der Waals surface area contributed by atoms with E-state index in [0.29, 0.717) is 0 Å². The number of tetrazole rings is 1. The Bertz CT molecular complexity index is 192. The fourth-order valence-corrected chi connectivity index (χ4v) is 0.369. The lowest BCUT2D eigenvalue weighted by Gasteiger charge is -1.91. The molecule has 6 heteroatoms. The first-order valence-electron chi connectivity index (χ1n) is 2.29. The van der Waals surface area contributed by atoms with Crippen molar-refractivity contribution in [3.8, 4) is 0 Å². The number of carbonyl (C=O) groups excluding carboxylic acids is 1. The van der Waals surface area contributed by atoms with Gasteiger partial charge in [0.2, 0.25) is 0 Å². The van der Waals surface area contributed by atoms with E-state index in [1.165, 1.54) is 13.4 Å². The van der Waals surface area contributed by atoms with Gasteiger partial charge in [-0.2, -0.15) is 0 Å². The van der Waals surface area contributed by atoms with E-state index in [0.717, 1.165) is 4.68 Å². The van der Waals surface area contributed by atoms with Gasteiger partial charge in [0.25, 0.3) is 0 Å². The molecule has 0 aliphatic heterocycles. The van der Waals surface area contributed by atoms with Crippen molar-refractivity contribution in [2.45, 2.75) is 0 Å². The van der Waals surface area contributed by atoms with Gasteiger partial charge in [-0.25, -0.2) is 4.79 Å². The lowest BCUT2D eigenvalue weighted by Crippen LogP contribution is -2.24. The fraction of sp³-hybridized carbons (Fsp3) is 0.333. The molecule has 0 radical (unpaired) electrons. The Kier molecular flexibility index (Phi) is 1.39. The maximum Gasteiger partial charge on any atom is 0.344 e. The standard InChI is InChI=1S/C3H5N5O/c1-4-3(9)8-2-5-6-7-8/h2H,1H3,(H,4,9). The normalized spacial score (nSPS) is 9.00. The van der Waals surface area contributed by atoms with E-state index >= 15 is 0 Å². The Morgan fingerprint density at radius 2 is 2.56 bits per heavy atom. The largest absolute Gasteiger partial charge is 0.344 e. The molecule has 0 atom stereocenters. The van der Waals surface area contributed by atoms with Crippen LogP contribution in [0.15, 0.2) is 6.33 Å². The third kappa shape index (κ3) is 1.01. The van der Waals surface area contributed by atoms with Gasteiger partial charge in [0, 0.05) is 7.05 Å². The average molecular weight is 127 g/mol. The third-order valence-electron chi connectivity index (χ3n) is 0.771. The van der Waals surface area contributed by atoms with Crippen molar-refractivity contribution in [1.29, 1.82) is 0 Å². The summed E-state index contributed by atoms with van der Waals surface area (Å²) in [5, 5.41) is 12.2. The summed E-state index contributed by atoms with van der Waals surface area (Å²) in [6.45, 7) is 0. The molecule has 1 heterocycles. The van der Waals surface area contributed by atoms with Crippen LogP contribution in [-0.4, -0.2) is 33.3 Å². The molecule has 1 N–H and O–H groups in total. The summed E-state index contributed by atoms with van der Waals surface area (Å²) in [7, 11) is 1.50. The number of hydrogen-bond donors (Lipinski definition) is 1. The fourth-order valence-electron chi connectivity index (χ4n) is 0.369. The van der Waals surface area contributed by atoms with Crippen LogP contribution in [0, 0.1) is 0 Å². The van der Waals surface area contributed by atoms with E-state index in [1.807, 2.05) is 0 Å². The molecule has 0 aromatic carbocycles. The Morgan fingerprint density at radius 1 is 1.78 bits per heavy atom. The summed E-state index contributed by atoms with van der Waals surface area (Å²) in [6, 6.07) is -0.347. The number of amides is 1. The number of hydrogen-bond acceptors (Lipinski definition) is 4. The molecule has 9 heavy (non-hydrogen) atoms. The number of carbonyl (C=O) groups is 1. The number of nitrogens with one attached hydrogen (secondary N) is 1. The molecule has 0 aliphatic carbocycles. The van der Waals surface area contributed by atoms with Gasteiger partial charge in [-0.15, -0.1) is 9.78 Å². The van der Waals surface area contributed by atoms with Crippen LogP contribution in [0.2, 0.25) is 0 Å². The van der Waals surface area contributed by atoms with Crippen LogP contribution < -0.4 is 5.32 Å². The Morgan fingerprint density at radius 3 is 3.00 bits per heavy atom. The molecular weight excluding hydrogens is 122 g/mol. The van der Waals surface area contributed by atoms with Crippen molar-refractivity contribution in [3.63, 3.8) is 0 Å². The van der Waals surface area contributed by atoms with Gasteiger partial charge in [0.15, 0.2) is 0 Å². The second kappa shape index (κ2) is 2.21. The van der Waals surface area contributed by atoms with Crippen LogP contribution in [-0.2, 0) is 0 Å². The van der Waals surface area contributed by atoms with E-state index in [2.05, 4.69) is 20.8 Å². The van der Waals surface area contributed by atoms with Gasteiger partial charge >= 0.3 is 6.03 Å². The first-order valence-corrected chi connectivity index (χ1v) is 2.29. The molecule has 0 spiro atoms. The zero-order valence-electron chi connectivity index (χ0n) is 4.77. The van der Waals surface area contributed by atoms with Crippen LogP contribution in [0.25, 0.3) is 0 Å². The van der Waals surface area contributed by atoms with Gasteiger partial charge < -0.3 is 5.32 Å². The van der Waals surface area contributed by atoms with Crippen LogP contribution in [0.4, 0.5) is 4.79 Å². The molecule has 6 nitrogen and oxygen atoms in total. The minimum absolute atomic E-state index is 0.347. The predicted octanol–water partition coefficient (Wildman–Crippen LogP) is -1.14. The number of aromatic nitrogens is 4. The summed E-state index contributed by atoms with van der Waals surface area (Å²) in [5.74, 6) is 0. The Labute approximate surface area is 50.9 Å². The smallest absolute Gasteiger partial charge is 0.339 e. The maximum absolute atomic E-state index is 10.6. The molecular formula is C3H5N5O. The van der Waals surface area contributed by atoms with Crippen LogP contribution in [0.3, 0.4) is 0 Å². The summed E-state index contributed by atoms with van der Waals surface area (Å²) >= 11 is 0. The molecule has 0 fully saturated rings. The maximum atomic E-state index is 10.6. The van der Waals surface area contributed by atoms with E-state index < -0.39 is 0 Å². The van der Waals surface area contributed by atoms with Crippen molar-refractivity contribution >= 4 is 6.03 Å². The third-order valence-corrected chi connectivity index (χ3v) is 0.771. The topological polar surface area (TPSA) is 72.7 Å². The minimum atomic E-state index is -0.347. The van der Waals surface area contributed by atoms with Gasteiger partial charge in [-0.05, 0) is 10.4 Å². The van der Waals surface area contributed by atoms with Gasteiger partial charge in [-0.1, -0.05) is 0 Å². The monoisotopic (exact) mass is 127 g/mol. The average Bonchev–Trinajstić information content (AvgIpc) is 2.37. The van der Waals surface area contributed by atoms with Gasteiger partial charge in [-0.3, -0.25) is 0 Å². The second-order valence-electron chi connectivity index (χ2n) is 1.31. The Hall–Kier alpha value is -1.46. The van der Waals surface area contributed by atoms with Gasteiger partial charge in [0.1, 0.15) is 6.33 Å². The zero-order valence-corrected chi connectivity index (χ0v) is 4.77. The summed E-state index contributed by atoms with van der Waals surface area (Å²) in [6.07, 6.45) is 1.22. The zero-order chi connectivity index (χ0) is 6.69. The minimum Gasteiger partial charge on any atom is -0.339 e. The first-order chi connectivity index (χ1) is 4.34. The van der Waals surface area contributed by atoms with Crippen LogP contribution >= 0.6 is 0 Å². The Balaban J connectivity index is 2.77. The molecule has 0 saturated heterocycles. The first kappa shape index (κ1) is 5.67.